The van der Waals surface area contributed by atoms with Crippen molar-refractivity contribution in [1.29, 1.82) is 0 Å². The monoisotopic (exact) mass is 562 g/mol. The minimum absolute atomic E-state index is 0.0139. The highest BCUT2D eigenvalue weighted by atomic mass is 16.7. The van der Waals surface area contributed by atoms with Crippen LogP contribution in [0.2, 0.25) is 0 Å². The van der Waals surface area contributed by atoms with Gasteiger partial charge in [-0.3, -0.25) is 0 Å². The van der Waals surface area contributed by atoms with Crippen LogP contribution in [0.15, 0.2) is 24.3 Å². The lowest BCUT2D eigenvalue weighted by Gasteiger charge is -2.58. The van der Waals surface area contributed by atoms with Gasteiger partial charge in [-0.1, -0.05) is 25.2 Å². The van der Waals surface area contributed by atoms with Crippen LogP contribution < -0.4 is 0 Å². The molecule has 5 aliphatic heterocycles. The van der Waals surface area contributed by atoms with Crippen LogP contribution in [0.5, 0.6) is 0 Å². The van der Waals surface area contributed by atoms with Gasteiger partial charge in [0.1, 0.15) is 42.2 Å². The third kappa shape index (κ3) is 3.55. The van der Waals surface area contributed by atoms with Crippen LogP contribution in [0.25, 0.3) is 0 Å². The second kappa shape index (κ2) is 8.59. The summed E-state index contributed by atoms with van der Waals surface area (Å²) < 4.78 is 42.6. The molecule has 40 heavy (non-hydrogen) atoms. The number of allylic oxidation sites excluding steroid dienone is 2. The Balaban J connectivity index is 1.25. The summed E-state index contributed by atoms with van der Waals surface area (Å²) in [5, 5.41) is 20.9. The Labute approximate surface area is 232 Å². The minimum Gasteiger partial charge on any atom is -0.463 e. The first-order chi connectivity index (χ1) is 18.9. The lowest BCUT2D eigenvalue weighted by molar-refractivity contribution is -0.251. The number of aliphatic hydroxyl groups is 2. The zero-order chi connectivity index (χ0) is 28.3. The Morgan fingerprint density at radius 2 is 1.80 bits per heavy atom. The lowest BCUT2D eigenvalue weighted by Crippen LogP contribution is -2.69. The molecular weight excluding hydrogens is 524 g/mol. The molecule has 2 saturated carbocycles. The van der Waals surface area contributed by atoms with Gasteiger partial charge in [-0.2, -0.15) is 0 Å². The minimum atomic E-state index is -1.18. The quantitative estimate of drug-likeness (QED) is 0.344. The molecule has 0 amide bonds. The van der Waals surface area contributed by atoms with Crippen LogP contribution >= 0.6 is 0 Å². The van der Waals surface area contributed by atoms with Gasteiger partial charge in [0.05, 0.1) is 42.5 Å². The fourth-order valence-corrected chi connectivity index (χ4v) is 8.09. The Hall–Kier alpha value is -1.86. The predicted octanol–water partition coefficient (Wildman–Crippen LogP) is 0.736. The number of esters is 2. The molecule has 0 aromatic rings. The fraction of sp³-hybridized carbons (Fsp3) is 0.793. The first-order valence-electron chi connectivity index (χ1n) is 14.3. The Morgan fingerprint density at radius 1 is 1.02 bits per heavy atom. The van der Waals surface area contributed by atoms with E-state index in [2.05, 4.69) is 13.8 Å². The first-order valence-corrected chi connectivity index (χ1v) is 14.3. The number of carbonyl (C=O) groups is 2. The van der Waals surface area contributed by atoms with Crippen LogP contribution in [0, 0.1) is 10.8 Å². The largest absolute Gasteiger partial charge is 0.463 e. The van der Waals surface area contributed by atoms with E-state index in [9.17, 15) is 19.8 Å². The summed E-state index contributed by atoms with van der Waals surface area (Å²) in [7, 11) is 0. The Bertz CT molecular complexity index is 1160. The number of hydrogen-bond donors (Lipinski definition) is 2. The molecule has 2 N–H and O–H groups in total. The molecule has 11 heteroatoms. The van der Waals surface area contributed by atoms with Crippen molar-refractivity contribution in [3.05, 3.63) is 24.3 Å². The van der Waals surface area contributed by atoms with Gasteiger partial charge in [-0.15, -0.1) is 0 Å². The number of cyclic esters (lactones) is 1. The summed E-state index contributed by atoms with van der Waals surface area (Å²) in [6.45, 7) is 7.67. The van der Waals surface area contributed by atoms with Crippen LogP contribution in [0.3, 0.4) is 0 Å². The molecule has 5 heterocycles. The molecule has 7 aliphatic rings. The zero-order valence-corrected chi connectivity index (χ0v) is 23.2. The van der Waals surface area contributed by atoms with E-state index < -0.39 is 64.5 Å². The number of aliphatic hydroxyl groups excluding tert-OH is 2. The highest BCUT2D eigenvalue weighted by molar-refractivity contribution is 5.82. The van der Waals surface area contributed by atoms with E-state index in [1.807, 2.05) is 0 Å². The fourth-order valence-electron chi connectivity index (χ4n) is 8.09. The molecule has 4 saturated heterocycles. The predicted molar refractivity (Wildman–Crippen MR) is 135 cm³/mol. The standard InChI is InChI=1S/C29H38O11/c1-15(30)16-7-5-6-8-20(32)37-18-11-19-29(14-36-29)27(18,4)28(10-9-25(2)21(39-25)22(28)38-19)13-35-24(33)23-26(3,40-23)17(31)12-34-16/h5-8,15-19,21-23,30-31H,9-14H2,1-4H3/b7-5+,8-6+/t15-,16-,17-,18-,19+,21+,22+,23-,25-,26+,27-,28-,29+/m1/s1. The second-order valence-electron chi connectivity index (χ2n) is 13.2. The molecule has 6 fully saturated rings. The summed E-state index contributed by atoms with van der Waals surface area (Å²) in [6.07, 6.45) is 2.83. The molecule has 2 bridgehead atoms. The average molecular weight is 563 g/mol. The lowest BCUT2D eigenvalue weighted by atomic mass is 9.50. The van der Waals surface area contributed by atoms with Crippen molar-refractivity contribution < 1.29 is 53.0 Å². The average Bonchev–Trinajstić information content (AvgIpc) is 3.81. The van der Waals surface area contributed by atoms with Crippen molar-refractivity contribution >= 4 is 11.9 Å². The zero-order valence-electron chi connectivity index (χ0n) is 23.2. The summed E-state index contributed by atoms with van der Waals surface area (Å²) in [4.78, 5) is 26.4. The van der Waals surface area contributed by atoms with Gasteiger partial charge < -0.3 is 43.4 Å². The summed E-state index contributed by atoms with van der Waals surface area (Å²) in [6, 6.07) is 0. The smallest absolute Gasteiger partial charge is 0.338 e. The molecule has 220 valence electrons. The molecule has 0 aromatic carbocycles. The van der Waals surface area contributed by atoms with Gasteiger partial charge in [0.25, 0.3) is 0 Å². The molecule has 0 radical (unpaired) electrons. The maximum atomic E-state index is 13.4. The van der Waals surface area contributed by atoms with Gasteiger partial charge in [0, 0.05) is 17.9 Å². The van der Waals surface area contributed by atoms with Crippen LogP contribution in [-0.2, 0) is 42.7 Å². The van der Waals surface area contributed by atoms with Crippen LogP contribution in [0.1, 0.15) is 47.0 Å². The van der Waals surface area contributed by atoms with Gasteiger partial charge in [0.2, 0.25) is 0 Å². The van der Waals surface area contributed by atoms with Crippen molar-refractivity contribution in [2.75, 3.05) is 19.8 Å². The van der Waals surface area contributed by atoms with E-state index >= 15 is 0 Å². The molecule has 2 spiro atoms. The highest BCUT2D eigenvalue weighted by Gasteiger charge is 2.86. The van der Waals surface area contributed by atoms with E-state index in [1.165, 1.54) is 12.2 Å². The normalized spacial score (nSPS) is 57.2. The van der Waals surface area contributed by atoms with E-state index in [1.54, 1.807) is 26.0 Å². The Morgan fingerprint density at radius 3 is 2.52 bits per heavy atom. The van der Waals surface area contributed by atoms with Crippen molar-refractivity contribution in [2.45, 2.75) is 113 Å². The molecule has 13 atom stereocenters. The third-order valence-corrected chi connectivity index (χ3v) is 11.1. The second-order valence-corrected chi connectivity index (χ2v) is 13.2. The SMILES string of the molecule is C[C@@H](O)[C@H]1/C=C/C=C/C(=O)O[C@@H]2C[C@@H]3O[C@H]4[C@@H]5O[C@]5(C)CC[C@]4(COC(=O)[C@H]4O[C@@]4(C)[C@H](O)CO1)[C@]2(C)[C@]31CO1. The molecule has 0 unspecified atom stereocenters. The van der Waals surface area contributed by atoms with E-state index in [4.69, 9.17) is 33.2 Å². The van der Waals surface area contributed by atoms with Crippen LogP contribution in [0.4, 0.5) is 0 Å². The van der Waals surface area contributed by atoms with Crippen molar-refractivity contribution in [3.63, 3.8) is 0 Å². The van der Waals surface area contributed by atoms with E-state index in [0.29, 0.717) is 19.4 Å². The number of carbonyl (C=O) groups excluding carboxylic acids is 2. The third-order valence-electron chi connectivity index (χ3n) is 11.1. The maximum absolute atomic E-state index is 13.4. The topological polar surface area (TPSA) is 149 Å². The molecule has 2 aliphatic carbocycles. The number of rotatable bonds is 1. The van der Waals surface area contributed by atoms with Gasteiger partial charge in [0.15, 0.2) is 6.10 Å². The van der Waals surface area contributed by atoms with Crippen molar-refractivity contribution in [1.82, 2.24) is 0 Å². The van der Waals surface area contributed by atoms with Gasteiger partial charge >= 0.3 is 11.9 Å². The van der Waals surface area contributed by atoms with E-state index in [-0.39, 0.29) is 37.1 Å². The van der Waals surface area contributed by atoms with Crippen molar-refractivity contribution in [2.24, 2.45) is 10.8 Å². The summed E-state index contributed by atoms with van der Waals surface area (Å²) in [5.41, 5.74) is -3.54. The van der Waals surface area contributed by atoms with Gasteiger partial charge in [-0.25, -0.2) is 9.59 Å². The van der Waals surface area contributed by atoms with E-state index in [0.717, 1.165) is 6.42 Å². The first kappa shape index (κ1) is 27.0. The van der Waals surface area contributed by atoms with Crippen molar-refractivity contribution in [3.8, 4) is 0 Å². The summed E-state index contributed by atoms with van der Waals surface area (Å²) in [5.74, 6) is -1.10. The summed E-state index contributed by atoms with van der Waals surface area (Å²) >= 11 is 0. The molecular formula is C29H38O11. The number of fused-ring (bicyclic) bond motifs is 3. The number of epoxide rings is 3. The highest BCUT2D eigenvalue weighted by Crippen LogP contribution is 2.75. The molecule has 0 aromatic heterocycles. The number of ether oxygens (including phenoxy) is 7. The van der Waals surface area contributed by atoms with Gasteiger partial charge in [-0.05, 0) is 33.6 Å². The molecule has 7 rings (SSSR count). The maximum Gasteiger partial charge on any atom is 0.338 e. The number of hydrogen-bond acceptors (Lipinski definition) is 11. The molecule has 11 nitrogen and oxygen atoms in total. The van der Waals surface area contributed by atoms with Crippen LogP contribution in [-0.4, -0.2) is 108 Å². The Kier molecular flexibility index (Phi) is 5.80.